The van der Waals surface area contributed by atoms with Gasteiger partial charge in [0.1, 0.15) is 12.1 Å². The number of aromatic nitrogens is 6. The molecule has 136 valence electrons. The van der Waals surface area contributed by atoms with E-state index in [1.54, 1.807) is 11.6 Å². The van der Waals surface area contributed by atoms with Gasteiger partial charge in [-0.2, -0.15) is 19.6 Å². The first-order valence-electron chi connectivity index (χ1n) is 9.09. The molecule has 1 aliphatic heterocycles. The lowest BCUT2D eigenvalue weighted by Gasteiger charge is -2.32. The molecular formula is C17H21N7O2. The van der Waals surface area contributed by atoms with Gasteiger partial charge in [0.15, 0.2) is 5.82 Å². The first kappa shape index (κ1) is 15.7. The van der Waals surface area contributed by atoms with Gasteiger partial charge in [0.2, 0.25) is 5.89 Å². The number of ether oxygens (including phenoxy) is 1. The molecule has 0 aromatic carbocycles. The summed E-state index contributed by atoms with van der Waals surface area (Å²) in [6.07, 6.45) is 5.87. The summed E-state index contributed by atoms with van der Waals surface area (Å²) < 4.78 is 12.4. The van der Waals surface area contributed by atoms with Gasteiger partial charge >= 0.3 is 0 Å². The average molecular weight is 355 g/mol. The molecule has 1 saturated heterocycles. The van der Waals surface area contributed by atoms with Crippen molar-refractivity contribution in [2.45, 2.75) is 44.1 Å². The van der Waals surface area contributed by atoms with Gasteiger partial charge in [0.25, 0.3) is 5.78 Å². The van der Waals surface area contributed by atoms with Crippen molar-refractivity contribution in [2.75, 3.05) is 25.1 Å². The number of fused-ring (bicyclic) bond motifs is 1. The van der Waals surface area contributed by atoms with Gasteiger partial charge in [-0.3, -0.25) is 0 Å². The van der Waals surface area contributed by atoms with Crippen LogP contribution in [0.4, 0.5) is 5.82 Å². The van der Waals surface area contributed by atoms with E-state index in [9.17, 15) is 0 Å². The molecule has 2 aliphatic rings. The minimum Gasteiger partial charge on any atom is -0.378 e. The van der Waals surface area contributed by atoms with Crippen molar-refractivity contribution in [3.63, 3.8) is 0 Å². The van der Waals surface area contributed by atoms with Crippen LogP contribution in [0.5, 0.6) is 0 Å². The van der Waals surface area contributed by atoms with Gasteiger partial charge < -0.3 is 14.2 Å². The van der Waals surface area contributed by atoms with E-state index >= 15 is 0 Å². The Morgan fingerprint density at radius 2 is 2.00 bits per heavy atom. The average Bonchev–Trinajstić information content (AvgIpc) is 3.20. The Labute approximate surface area is 150 Å². The third kappa shape index (κ3) is 2.82. The fourth-order valence-electron chi connectivity index (χ4n) is 3.57. The Hall–Kier alpha value is -2.55. The van der Waals surface area contributed by atoms with Crippen LogP contribution in [0, 0.1) is 0 Å². The SMILES string of the molecule is COCc1cc(N2CCC(c3noc(C4CC4)n3)CC2)n2ncnc2n1. The van der Waals surface area contributed by atoms with E-state index in [4.69, 9.17) is 9.26 Å². The second kappa shape index (κ2) is 6.31. The molecule has 4 heterocycles. The standard InChI is InChI=1S/C17H21N7O2/c1-25-9-13-8-14(24-17(20-13)18-10-19-24)23-6-4-11(5-7-23)15-21-16(26-22-15)12-2-3-12/h8,10-12H,2-7,9H2,1H3. The highest BCUT2D eigenvalue weighted by molar-refractivity contribution is 5.47. The summed E-state index contributed by atoms with van der Waals surface area (Å²) in [5.41, 5.74) is 0.859. The van der Waals surface area contributed by atoms with E-state index in [0.29, 0.717) is 24.2 Å². The monoisotopic (exact) mass is 355 g/mol. The van der Waals surface area contributed by atoms with Crippen molar-refractivity contribution in [1.82, 2.24) is 29.7 Å². The summed E-state index contributed by atoms with van der Waals surface area (Å²) >= 11 is 0. The van der Waals surface area contributed by atoms with Crippen molar-refractivity contribution >= 4 is 11.6 Å². The van der Waals surface area contributed by atoms with Crippen LogP contribution in [0.3, 0.4) is 0 Å². The predicted octanol–water partition coefficient (Wildman–Crippen LogP) is 1.92. The van der Waals surface area contributed by atoms with E-state index in [2.05, 4.69) is 30.1 Å². The van der Waals surface area contributed by atoms with E-state index in [0.717, 1.165) is 49.2 Å². The summed E-state index contributed by atoms with van der Waals surface area (Å²) in [5.74, 6) is 4.16. The maximum atomic E-state index is 5.42. The fourth-order valence-corrected chi connectivity index (χ4v) is 3.57. The van der Waals surface area contributed by atoms with Crippen LogP contribution < -0.4 is 4.90 Å². The molecule has 0 spiro atoms. The molecule has 9 heteroatoms. The zero-order valence-corrected chi connectivity index (χ0v) is 14.7. The van der Waals surface area contributed by atoms with Crippen molar-refractivity contribution in [3.8, 4) is 0 Å². The summed E-state index contributed by atoms with van der Waals surface area (Å²) in [7, 11) is 1.67. The molecular weight excluding hydrogens is 334 g/mol. The normalized spacial score (nSPS) is 18.7. The maximum Gasteiger partial charge on any atom is 0.254 e. The van der Waals surface area contributed by atoms with E-state index in [1.165, 1.54) is 19.2 Å². The molecule has 0 atom stereocenters. The smallest absolute Gasteiger partial charge is 0.254 e. The molecule has 0 amide bonds. The van der Waals surface area contributed by atoms with Gasteiger partial charge in [-0.25, -0.2) is 4.98 Å². The lowest BCUT2D eigenvalue weighted by molar-refractivity contribution is 0.181. The summed E-state index contributed by atoms with van der Waals surface area (Å²) in [5, 5.41) is 8.54. The summed E-state index contributed by atoms with van der Waals surface area (Å²) in [6, 6.07) is 2.03. The van der Waals surface area contributed by atoms with Gasteiger partial charge in [-0.1, -0.05) is 5.16 Å². The van der Waals surface area contributed by atoms with E-state index in [1.807, 2.05) is 6.07 Å². The Morgan fingerprint density at radius 1 is 1.15 bits per heavy atom. The highest BCUT2D eigenvalue weighted by atomic mass is 16.5. The summed E-state index contributed by atoms with van der Waals surface area (Å²) in [6.45, 7) is 2.27. The third-order valence-corrected chi connectivity index (χ3v) is 5.15. The van der Waals surface area contributed by atoms with Crippen molar-refractivity contribution in [1.29, 1.82) is 0 Å². The quantitative estimate of drug-likeness (QED) is 0.685. The first-order chi connectivity index (χ1) is 12.8. The minimum atomic E-state index is 0.356. The van der Waals surface area contributed by atoms with Crippen LogP contribution >= 0.6 is 0 Å². The third-order valence-electron chi connectivity index (χ3n) is 5.15. The number of piperidine rings is 1. The van der Waals surface area contributed by atoms with Crippen LogP contribution in [0.25, 0.3) is 5.78 Å². The zero-order chi connectivity index (χ0) is 17.5. The molecule has 3 aromatic heterocycles. The van der Waals surface area contributed by atoms with E-state index < -0.39 is 0 Å². The largest absolute Gasteiger partial charge is 0.378 e. The van der Waals surface area contributed by atoms with Gasteiger partial charge in [-0.15, -0.1) is 0 Å². The zero-order valence-electron chi connectivity index (χ0n) is 14.7. The van der Waals surface area contributed by atoms with E-state index in [-0.39, 0.29) is 0 Å². The number of hydrogen-bond donors (Lipinski definition) is 0. The Balaban J connectivity index is 1.34. The molecule has 5 rings (SSSR count). The van der Waals surface area contributed by atoms with Crippen molar-refractivity contribution in [3.05, 3.63) is 29.8 Å². The Bertz CT molecular complexity index is 909. The molecule has 1 aliphatic carbocycles. The maximum absolute atomic E-state index is 5.42. The predicted molar refractivity (Wildman–Crippen MR) is 92.0 cm³/mol. The molecule has 0 unspecified atom stereocenters. The van der Waals surface area contributed by atoms with Crippen LogP contribution in [0.15, 0.2) is 16.9 Å². The van der Waals surface area contributed by atoms with Gasteiger partial charge in [-0.05, 0) is 25.7 Å². The fraction of sp³-hybridized carbons (Fsp3) is 0.588. The van der Waals surface area contributed by atoms with Crippen LogP contribution in [0.1, 0.15) is 54.9 Å². The van der Waals surface area contributed by atoms with Gasteiger partial charge in [0.05, 0.1) is 12.3 Å². The molecule has 2 fully saturated rings. The van der Waals surface area contributed by atoms with Crippen LogP contribution in [-0.4, -0.2) is 49.9 Å². The Kier molecular flexibility index (Phi) is 3.81. The summed E-state index contributed by atoms with van der Waals surface area (Å²) in [4.78, 5) is 15.6. The van der Waals surface area contributed by atoms with Gasteiger partial charge in [0, 0.05) is 38.1 Å². The van der Waals surface area contributed by atoms with Crippen LogP contribution in [-0.2, 0) is 11.3 Å². The molecule has 3 aromatic rings. The number of anilines is 1. The molecule has 0 radical (unpaired) electrons. The molecule has 26 heavy (non-hydrogen) atoms. The molecule has 0 bridgehead atoms. The minimum absolute atomic E-state index is 0.356. The first-order valence-corrected chi connectivity index (χ1v) is 9.09. The lowest BCUT2D eigenvalue weighted by Crippen LogP contribution is -2.34. The highest BCUT2D eigenvalue weighted by Gasteiger charge is 2.32. The topological polar surface area (TPSA) is 94.5 Å². The van der Waals surface area contributed by atoms with Crippen molar-refractivity contribution < 1.29 is 9.26 Å². The number of methoxy groups -OCH3 is 1. The second-order valence-corrected chi connectivity index (χ2v) is 7.04. The number of rotatable bonds is 5. The Morgan fingerprint density at radius 3 is 2.77 bits per heavy atom. The number of nitrogens with zero attached hydrogens (tertiary/aromatic N) is 7. The second-order valence-electron chi connectivity index (χ2n) is 7.04. The molecule has 9 nitrogen and oxygen atoms in total. The number of hydrogen-bond acceptors (Lipinski definition) is 8. The molecule has 1 saturated carbocycles. The molecule has 0 N–H and O–H groups in total. The lowest BCUT2D eigenvalue weighted by atomic mass is 9.96. The van der Waals surface area contributed by atoms with Crippen molar-refractivity contribution in [2.24, 2.45) is 0 Å². The highest BCUT2D eigenvalue weighted by Crippen LogP contribution is 2.40. The van der Waals surface area contributed by atoms with Crippen LogP contribution in [0.2, 0.25) is 0 Å².